The van der Waals surface area contributed by atoms with Crippen molar-refractivity contribution < 1.29 is 9.59 Å². The van der Waals surface area contributed by atoms with Gasteiger partial charge in [0.15, 0.2) is 0 Å². The van der Waals surface area contributed by atoms with E-state index >= 15 is 0 Å². The molecule has 2 saturated carbocycles. The molecule has 100 valence electrons. The molecule has 0 aromatic rings. The SMILES string of the molecule is CC(C)C1(C(=O)NCC23CCC(C2)C(=O)N3)CC1. The Morgan fingerprint density at radius 3 is 2.61 bits per heavy atom. The van der Waals surface area contributed by atoms with E-state index in [0.29, 0.717) is 12.5 Å². The molecule has 1 heterocycles. The second-order valence-electron chi connectivity index (χ2n) is 6.70. The van der Waals surface area contributed by atoms with Crippen molar-refractivity contribution in [3.05, 3.63) is 0 Å². The first-order valence-electron chi connectivity index (χ1n) is 7.08. The summed E-state index contributed by atoms with van der Waals surface area (Å²) in [6.07, 6.45) is 4.92. The maximum Gasteiger partial charge on any atom is 0.226 e. The summed E-state index contributed by atoms with van der Waals surface area (Å²) in [6.45, 7) is 4.85. The molecule has 2 bridgehead atoms. The molecular weight excluding hydrogens is 228 g/mol. The van der Waals surface area contributed by atoms with E-state index in [4.69, 9.17) is 0 Å². The van der Waals surface area contributed by atoms with Crippen molar-refractivity contribution >= 4 is 11.8 Å². The number of amides is 2. The molecule has 2 unspecified atom stereocenters. The molecule has 3 rings (SSSR count). The molecule has 0 aromatic carbocycles. The zero-order valence-corrected chi connectivity index (χ0v) is 11.2. The quantitative estimate of drug-likeness (QED) is 0.788. The van der Waals surface area contributed by atoms with Crippen LogP contribution in [-0.2, 0) is 9.59 Å². The predicted octanol–water partition coefficient (Wildman–Crippen LogP) is 1.21. The maximum absolute atomic E-state index is 12.3. The first kappa shape index (κ1) is 12.0. The van der Waals surface area contributed by atoms with Gasteiger partial charge in [0.25, 0.3) is 0 Å². The monoisotopic (exact) mass is 250 g/mol. The van der Waals surface area contributed by atoms with Crippen LogP contribution in [0.15, 0.2) is 0 Å². The van der Waals surface area contributed by atoms with Crippen LogP contribution in [-0.4, -0.2) is 23.9 Å². The number of nitrogens with one attached hydrogen (secondary N) is 2. The van der Waals surface area contributed by atoms with Crippen LogP contribution in [0.5, 0.6) is 0 Å². The molecular formula is C14H22N2O2. The van der Waals surface area contributed by atoms with Crippen LogP contribution < -0.4 is 10.6 Å². The Hall–Kier alpha value is -1.06. The van der Waals surface area contributed by atoms with Crippen LogP contribution in [0.1, 0.15) is 46.0 Å². The lowest BCUT2D eigenvalue weighted by Gasteiger charge is -2.29. The summed E-state index contributed by atoms with van der Waals surface area (Å²) in [7, 11) is 0. The fourth-order valence-corrected chi connectivity index (χ4v) is 3.66. The van der Waals surface area contributed by atoms with E-state index in [1.807, 2.05) is 0 Å². The Labute approximate surface area is 108 Å². The number of rotatable bonds is 4. The van der Waals surface area contributed by atoms with Crippen LogP contribution in [0.25, 0.3) is 0 Å². The number of carbonyl (C=O) groups is 2. The second-order valence-corrected chi connectivity index (χ2v) is 6.70. The number of fused-ring (bicyclic) bond motifs is 2. The topological polar surface area (TPSA) is 58.2 Å². The van der Waals surface area contributed by atoms with Gasteiger partial charge in [0.1, 0.15) is 0 Å². The van der Waals surface area contributed by atoms with E-state index < -0.39 is 0 Å². The minimum absolute atomic E-state index is 0.114. The van der Waals surface area contributed by atoms with Gasteiger partial charge in [0.2, 0.25) is 11.8 Å². The third kappa shape index (κ3) is 1.65. The van der Waals surface area contributed by atoms with Crippen LogP contribution in [0.4, 0.5) is 0 Å². The van der Waals surface area contributed by atoms with Gasteiger partial charge in [-0.1, -0.05) is 13.8 Å². The molecule has 2 amide bonds. The molecule has 2 N–H and O–H groups in total. The summed E-state index contributed by atoms with van der Waals surface area (Å²) in [5.74, 6) is 0.975. The molecule has 4 nitrogen and oxygen atoms in total. The molecule has 3 fully saturated rings. The van der Waals surface area contributed by atoms with Crippen molar-refractivity contribution in [1.82, 2.24) is 10.6 Å². The Kier molecular flexibility index (Phi) is 2.48. The van der Waals surface area contributed by atoms with E-state index in [0.717, 1.165) is 32.1 Å². The van der Waals surface area contributed by atoms with E-state index in [1.54, 1.807) is 0 Å². The molecule has 18 heavy (non-hydrogen) atoms. The standard InChI is InChI=1S/C14H22N2O2/c1-9(2)14(5-6-14)12(18)15-8-13-4-3-10(7-13)11(17)16-13/h9-10H,3-8H2,1-2H3,(H,15,18)(H,16,17). The van der Waals surface area contributed by atoms with Gasteiger partial charge in [0, 0.05) is 12.5 Å². The van der Waals surface area contributed by atoms with Gasteiger partial charge in [0.05, 0.1) is 11.0 Å². The molecule has 3 aliphatic rings. The molecule has 1 saturated heterocycles. The fourth-order valence-electron chi connectivity index (χ4n) is 3.66. The zero-order chi connectivity index (χ0) is 13.0. The lowest BCUT2D eigenvalue weighted by molar-refractivity contribution is -0.129. The van der Waals surface area contributed by atoms with Crippen LogP contribution >= 0.6 is 0 Å². The average Bonchev–Trinajstić information content (AvgIpc) is 2.96. The lowest BCUT2D eigenvalue weighted by atomic mass is 9.90. The Bertz CT molecular complexity index is 401. The van der Waals surface area contributed by atoms with Gasteiger partial charge < -0.3 is 10.6 Å². The minimum atomic E-state index is -0.134. The highest BCUT2D eigenvalue weighted by molar-refractivity contribution is 5.86. The van der Waals surface area contributed by atoms with E-state index in [2.05, 4.69) is 24.5 Å². The highest BCUT2D eigenvalue weighted by Crippen LogP contribution is 2.52. The molecule has 4 heteroatoms. The van der Waals surface area contributed by atoms with Crippen molar-refractivity contribution in [3.8, 4) is 0 Å². The van der Waals surface area contributed by atoms with Crippen molar-refractivity contribution in [3.63, 3.8) is 0 Å². The summed E-state index contributed by atoms with van der Waals surface area (Å²) in [5.41, 5.74) is -0.248. The largest absolute Gasteiger partial charge is 0.353 e. The van der Waals surface area contributed by atoms with Crippen LogP contribution in [0, 0.1) is 17.3 Å². The van der Waals surface area contributed by atoms with Gasteiger partial charge >= 0.3 is 0 Å². The molecule has 0 spiro atoms. The van der Waals surface area contributed by atoms with Crippen molar-refractivity contribution in [1.29, 1.82) is 0 Å². The number of hydrogen-bond donors (Lipinski definition) is 2. The minimum Gasteiger partial charge on any atom is -0.353 e. The first-order valence-corrected chi connectivity index (χ1v) is 7.08. The average molecular weight is 250 g/mol. The Balaban J connectivity index is 1.59. The fraction of sp³-hybridized carbons (Fsp3) is 0.857. The highest BCUT2D eigenvalue weighted by Gasteiger charge is 2.54. The summed E-state index contributed by atoms with van der Waals surface area (Å²) in [5, 5.41) is 6.16. The highest BCUT2D eigenvalue weighted by atomic mass is 16.2. The summed E-state index contributed by atoms with van der Waals surface area (Å²) in [4.78, 5) is 23.8. The maximum atomic E-state index is 12.3. The van der Waals surface area contributed by atoms with E-state index in [-0.39, 0.29) is 28.7 Å². The molecule has 2 atom stereocenters. The third-order valence-electron chi connectivity index (χ3n) is 5.30. The number of hydrogen-bond acceptors (Lipinski definition) is 2. The Morgan fingerprint density at radius 2 is 2.17 bits per heavy atom. The smallest absolute Gasteiger partial charge is 0.226 e. The summed E-state index contributed by atoms with van der Waals surface area (Å²) >= 11 is 0. The summed E-state index contributed by atoms with van der Waals surface area (Å²) < 4.78 is 0. The van der Waals surface area contributed by atoms with Crippen molar-refractivity contribution in [2.24, 2.45) is 17.3 Å². The number of carbonyl (C=O) groups excluding carboxylic acids is 2. The van der Waals surface area contributed by atoms with Crippen LogP contribution in [0.3, 0.4) is 0 Å². The van der Waals surface area contributed by atoms with Gasteiger partial charge in [-0.2, -0.15) is 0 Å². The van der Waals surface area contributed by atoms with E-state index in [9.17, 15) is 9.59 Å². The molecule has 0 radical (unpaired) electrons. The molecule has 2 aliphatic carbocycles. The molecule has 0 aromatic heterocycles. The Morgan fingerprint density at radius 1 is 1.44 bits per heavy atom. The van der Waals surface area contributed by atoms with Crippen LogP contribution in [0.2, 0.25) is 0 Å². The zero-order valence-electron chi connectivity index (χ0n) is 11.2. The predicted molar refractivity (Wildman–Crippen MR) is 67.7 cm³/mol. The lowest BCUT2D eigenvalue weighted by Crippen LogP contribution is -2.52. The van der Waals surface area contributed by atoms with Gasteiger partial charge in [-0.3, -0.25) is 9.59 Å². The van der Waals surface area contributed by atoms with Gasteiger partial charge in [-0.05, 0) is 38.0 Å². The van der Waals surface area contributed by atoms with E-state index in [1.165, 1.54) is 0 Å². The van der Waals surface area contributed by atoms with Crippen molar-refractivity contribution in [2.45, 2.75) is 51.5 Å². The van der Waals surface area contributed by atoms with Crippen molar-refractivity contribution in [2.75, 3.05) is 6.54 Å². The molecule has 1 aliphatic heterocycles. The van der Waals surface area contributed by atoms with Gasteiger partial charge in [-0.15, -0.1) is 0 Å². The normalized spacial score (nSPS) is 35.7. The number of piperidine rings is 1. The van der Waals surface area contributed by atoms with Gasteiger partial charge in [-0.25, -0.2) is 0 Å². The first-order chi connectivity index (χ1) is 8.47. The summed E-state index contributed by atoms with van der Waals surface area (Å²) in [6, 6.07) is 0. The second kappa shape index (κ2) is 3.72. The third-order valence-corrected chi connectivity index (χ3v) is 5.30.